The lowest BCUT2D eigenvalue weighted by molar-refractivity contribution is 0.122. The third kappa shape index (κ3) is 3.08. The standard InChI is InChI=1S/C16H24N2O3S/c1-2-3-12-22(19,20)18-7-6-14-4-5-15(13-16(14)18)17-8-10-21-11-9-17/h4-5,13H,2-3,6-12H2,1H3. The van der Waals surface area contributed by atoms with Crippen molar-refractivity contribution in [1.29, 1.82) is 0 Å². The van der Waals surface area contributed by atoms with Crippen LogP contribution in [0.15, 0.2) is 18.2 Å². The molecule has 0 atom stereocenters. The Balaban J connectivity index is 1.85. The Hall–Kier alpha value is -1.27. The maximum atomic E-state index is 12.5. The van der Waals surface area contributed by atoms with Crippen LogP contribution in [0.25, 0.3) is 0 Å². The summed E-state index contributed by atoms with van der Waals surface area (Å²) >= 11 is 0. The lowest BCUT2D eigenvalue weighted by Gasteiger charge is -2.30. The number of fused-ring (bicyclic) bond motifs is 1. The fourth-order valence-corrected chi connectivity index (χ4v) is 4.80. The van der Waals surface area contributed by atoms with Gasteiger partial charge in [-0.3, -0.25) is 4.31 Å². The predicted molar refractivity (Wildman–Crippen MR) is 89.2 cm³/mol. The number of hydrogen-bond acceptors (Lipinski definition) is 4. The first kappa shape index (κ1) is 15.6. The van der Waals surface area contributed by atoms with Gasteiger partial charge in [0.2, 0.25) is 10.0 Å². The minimum Gasteiger partial charge on any atom is -0.378 e. The summed E-state index contributed by atoms with van der Waals surface area (Å²) < 4.78 is 32.1. The Morgan fingerprint density at radius 2 is 1.95 bits per heavy atom. The van der Waals surface area contributed by atoms with Crippen LogP contribution in [-0.4, -0.2) is 47.0 Å². The van der Waals surface area contributed by atoms with Crippen LogP contribution in [0.3, 0.4) is 0 Å². The minimum atomic E-state index is -3.19. The molecule has 2 aliphatic rings. The van der Waals surface area contributed by atoms with Crippen LogP contribution >= 0.6 is 0 Å². The van der Waals surface area contributed by atoms with E-state index >= 15 is 0 Å². The molecular weight excluding hydrogens is 300 g/mol. The van der Waals surface area contributed by atoms with Crippen molar-refractivity contribution in [2.45, 2.75) is 26.2 Å². The van der Waals surface area contributed by atoms with Gasteiger partial charge in [-0.15, -0.1) is 0 Å². The molecule has 22 heavy (non-hydrogen) atoms. The number of hydrogen-bond donors (Lipinski definition) is 0. The predicted octanol–water partition coefficient (Wildman–Crippen LogP) is 2.02. The highest BCUT2D eigenvalue weighted by molar-refractivity contribution is 7.92. The van der Waals surface area contributed by atoms with Gasteiger partial charge in [-0.25, -0.2) is 8.42 Å². The first-order valence-corrected chi connectivity index (χ1v) is 9.69. The second kappa shape index (κ2) is 6.46. The maximum absolute atomic E-state index is 12.5. The van der Waals surface area contributed by atoms with Gasteiger partial charge >= 0.3 is 0 Å². The van der Waals surface area contributed by atoms with E-state index in [1.165, 1.54) is 0 Å². The highest BCUT2D eigenvalue weighted by Crippen LogP contribution is 2.34. The van der Waals surface area contributed by atoms with Crippen LogP contribution in [0.1, 0.15) is 25.3 Å². The van der Waals surface area contributed by atoms with Crippen LogP contribution in [0.2, 0.25) is 0 Å². The lowest BCUT2D eigenvalue weighted by atomic mass is 10.1. The van der Waals surface area contributed by atoms with E-state index in [1.807, 2.05) is 13.0 Å². The van der Waals surface area contributed by atoms with Gasteiger partial charge < -0.3 is 9.64 Å². The molecule has 0 saturated carbocycles. The second-order valence-electron chi connectivity index (χ2n) is 5.90. The molecule has 122 valence electrons. The van der Waals surface area contributed by atoms with Crippen molar-refractivity contribution >= 4 is 21.4 Å². The average Bonchev–Trinajstić information content (AvgIpc) is 2.98. The number of anilines is 2. The molecule has 2 heterocycles. The number of rotatable bonds is 5. The molecule has 0 amide bonds. The molecule has 0 aromatic heterocycles. The Labute approximate surface area is 132 Å². The van der Waals surface area contributed by atoms with E-state index in [9.17, 15) is 8.42 Å². The number of morpholine rings is 1. The zero-order chi connectivity index (χ0) is 15.6. The van der Waals surface area contributed by atoms with E-state index in [4.69, 9.17) is 4.74 Å². The van der Waals surface area contributed by atoms with Crippen molar-refractivity contribution in [3.63, 3.8) is 0 Å². The van der Waals surface area contributed by atoms with Crippen molar-refractivity contribution in [3.05, 3.63) is 23.8 Å². The van der Waals surface area contributed by atoms with E-state index in [1.54, 1.807) is 4.31 Å². The highest BCUT2D eigenvalue weighted by atomic mass is 32.2. The molecule has 1 aromatic carbocycles. The number of nitrogens with zero attached hydrogens (tertiary/aromatic N) is 2. The van der Waals surface area contributed by atoms with Gasteiger partial charge in [0.1, 0.15) is 0 Å². The normalized spacial score (nSPS) is 18.6. The average molecular weight is 324 g/mol. The third-order valence-corrected chi connectivity index (χ3v) is 6.25. The summed E-state index contributed by atoms with van der Waals surface area (Å²) in [5, 5.41) is 0. The van der Waals surface area contributed by atoms with Crippen molar-refractivity contribution in [3.8, 4) is 0 Å². The van der Waals surface area contributed by atoms with Gasteiger partial charge in [0.15, 0.2) is 0 Å². The summed E-state index contributed by atoms with van der Waals surface area (Å²) in [6, 6.07) is 6.22. The fraction of sp³-hybridized carbons (Fsp3) is 0.625. The number of sulfonamides is 1. The molecule has 0 unspecified atom stereocenters. The molecule has 1 aromatic rings. The molecule has 0 radical (unpaired) electrons. The fourth-order valence-electron chi connectivity index (χ4n) is 3.08. The Morgan fingerprint density at radius 1 is 1.18 bits per heavy atom. The SMILES string of the molecule is CCCCS(=O)(=O)N1CCc2ccc(N3CCOCC3)cc21. The summed E-state index contributed by atoms with van der Waals surface area (Å²) in [6.07, 6.45) is 2.43. The van der Waals surface area contributed by atoms with Crippen LogP contribution in [0.5, 0.6) is 0 Å². The zero-order valence-electron chi connectivity index (χ0n) is 13.1. The highest BCUT2D eigenvalue weighted by Gasteiger charge is 2.29. The monoisotopic (exact) mass is 324 g/mol. The van der Waals surface area contributed by atoms with E-state index < -0.39 is 10.0 Å². The van der Waals surface area contributed by atoms with Gasteiger partial charge in [0, 0.05) is 25.3 Å². The Morgan fingerprint density at radius 3 is 2.68 bits per heavy atom. The number of unbranched alkanes of at least 4 members (excludes halogenated alkanes) is 1. The largest absolute Gasteiger partial charge is 0.378 e. The minimum absolute atomic E-state index is 0.241. The van der Waals surface area contributed by atoms with Gasteiger partial charge in [-0.2, -0.15) is 0 Å². The summed E-state index contributed by atoms with van der Waals surface area (Å²) in [4.78, 5) is 2.26. The Kier molecular flexibility index (Phi) is 4.59. The van der Waals surface area contributed by atoms with E-state index in [-0.39, 0.29) is 5.75 Å². The lowest BCUT2D eigenvalue weighted by Crippen LogP contribution is -2.36. The molecule has 0 spiro atoms. The smallest absolute Gasteiger partial charge is 0.235 e. The molecule has 0 aliphatic carbocycles. The van der Waals surface area contributed by atoms with Crippen LogP contribution in [0, 0.1) is 0 Å². The summed E-state index contributed by atoms with van der Waals surface area (Å²) in [6.45, 7) is 5.78. The molecule has 1 saturated heterocycles. The second-order valence-corrected chi connectivity index (χ2v) is 7.92. The molecule has 1 fully saturated rings. The first-order chi connectivity index (χ1) is 10.6. The van der Waals surface area contributed by atoms with Crippen LogP contribution in [-0.2, 0) is 21.2 Å². The molecule has 0 bridgehead atoms. The zero-order valence-corrected chi connectivity index (χ0v) is 13.9. The molecule has 0 N–H and O–H groups in total. The maximum Gasteiger partial charge on any atom is 0.235 e. The van der Waals surface area contributed by atoms with Crippen LogP contribution < -0.4 is 9.21 Å². The van der Waals surface area contributed by atoms with Crippen LogP contribution in [0.4, 0.5) is 11.4 Å². The Bertz CT molecular complexity index is 624. The molecular formula is C16H24N2O3S. The molecule has 5 nitrogen and oxygen atoms in total. The van der Waals surface area contributed by atoms with Crippen molar-refractivity contribution < 1.29 is 13.2 Å². The van der Waals surface area contributed by atoms with E-state index in [2.05, 4.69) is 17.0 Å². The third-order valence-electron chi connectivity index (χ3n) is 4.39. The summed E-state index contributed by atoms with van der Waals surface area (Å²) in [5.74, 6) is 0.241. The first-order valence-electron chi connectivity index (χ1n) is 8.08. The van der Waals surface area contributed by atoms with Crippen molar-refractivity contribution in [2.75, 3.05) is 47.8 Å². The van der Waals surface area contributed by atoms with Crippen molar-refractivity contribution in [2.24, 2.45) is 0 Å². The van der Waals surface area contributed by atoms with Gasteiger partial charge in [0.05, 0.1) is 24.7 Å². The summed E-state index contributed by atoms with van der Waals surface area (Å²) in [7, 11) is -3.19. The number of ether oxygens (including phenoxy) is 1. The van der Waals surface area contributed by atoms with E-state index in [0.29, 0.717) is 6.54 Å². The molecule has 2 aliphatic heterocycles. The molecule has 3 rings (SSSR count). The topological polar surface area (TPSA) is 49.9 Å². The van der Waals surface area contributed by atoms with Crippen molar-refractivity contribution in [1.82, 2.24) is 0 Å². The van der Waals surface area contributed by atoms with Gasteiger partial charge in [-0.05, 0) is 30.5 Å². The van der Waals surface area contributed by atoms with Gasteiger partial charge in [0.25, 0.3) is 0 Å². The van der Waals surface area contributed by atoms with Gasteiger partial charge in [-0.1, -0.05) is 19.4 Å². The molecule has 6 heteroatoms. The summed E-state index contributed by atoms with van der Waals surface area (Å²) in [5.41, 5.74) is 3.11. The number of benzene rings is 1. The quantitative estimate of drug-likeness (QED) is 0.831. The van der Waals surface area contributed by atoms with E-state index in [0.717, 1.165) is 62.5 Å².